The first-order valence-electron chi connectivity index (χ1n) is 5.77. The van der Waals surface area contributed by atoms with Crippen molar-refractivity contribution >= 4 is 11.6 Å². The van der Waals surface area contributed by atoms with Crippen LogP contribution in [0, 0.1) is 18.7 Å². The Morgan fingerprint density at radius 2 is 2.12 bits per heavy atom. The highest BCUT2D eigenvalue weighted by Gasteiger charge is 2.46. The summed E-state index contributed by atoms with van der Waals surface area (Å²) in [5.41, 5.74) is 6.09. The van der Waals surface area contributed by atoms with Gasteiger partial charge in [0, 0.05) is 5.69 Å². The Bertz CT molecular complexity index is 436. The van der Waals surface area contributed by atoms with Crippen LogP contribution in [0.3, 0.4) is 0 Å². The maximum Gasteiger partial charge on any atom is 0.243 e. The van der Waals surface area contributed by atoms with Gasteiger partial charge < -0.3 is 11.1 Å². The Kier molecular flexibility index (Phi) is 2.81. The standard InChI is InChI=1S/C13H17FN2O/c1-8-5-10(14)7-11(6-8)16-13(2,12(15)17)9-3-4-9/h5-7,9,16H,3-4H2,1-2H3,(H2,15,17). The number of anilines is 1. The van der Waals surface area contributed by atoms with Crippen molar-refractivity contribution in [3.05, 3.63) is 29.6 Å². The van der Waals surface area contributed by atoms with Gasteiger partial charge in [-0.25, -0.2) is 4.39 Å². The number of carbonyl (C=O) groups is 1. The van der Waals surface area contributed by atoms with Gasteiger partial charge in [0.2, 0.25) is 5.91 Å². The maximum atomic E-state index is 13.3. The highest BCUT2D eigenvalue weighted by atomic mass is 19.1. The second-order valence-corrected chi connectivity index (χ2v) is 4.98. The SMILES string of the molecule is Cc1cc(F)cc(NC(C)(C(N)=O)C2CC2)c1. The number of amides is 1. The lowest BCUT2D eigenvalue weighted by Crippen LogP contribution is -2.49. The lowest BCUT2D eigenvalue weighted by Gasteiger charge is -2.28. The Balaban J connectivity index is 2.26. The van der Waals surface area contributed by atoms with Crippen LogP contribution in [0.2, 0.25) is 0 Å². The molecule has 0 bridgehead atoms. The largest absolute Gasteiger partial charge is 0.371 e. The third kappa shape index (κ3) is 2.40. The van der Waals surface area contributed by atoms with Gasteiger partial charge in [-0.1, -0.05) is 0 Å². The summed E-state index contributed by atoms with van der Waals surface area (Å²) in [5, 5.41) is 3.08. The second kappa shape index (κ2) is 4.02. The number of primary amides is 1. The lowest BCUT2D eigenvalue weighted by molar-refractivity contribution is -0.122. The Hall–Kier alpha value is -1.58. The van der Waals surface area contributed by atoms with E-state index in [0.717, 1.165) is 18.4 Å². The van der Waals surface area contributed by atoms with E-state index in [1.807, 2.05) is 13.0 Å². The molecule has 4 heteroatoms. The van der Waals surface area contributed by atoms with Crippen molar-refractivity contribution in [2.75, 3.05) is 5.32 Å². The molecule has 0 aromatic heterocycles. The molecule has 2 rings (SSSR count). The van der Waals surface area contributed by atoms with Crippen LogP contribution in [0.5, 0.6) is 0 Å². The van der Waals surface area contributed by atoms with E-state index in [9.17, 15) is 9.18 Å². The van der Waals surface area contributed by atoms with Gasteiger partial charge >= 0.3 is 0 Å². The Morgan fingerprint density at radius 3 is 2.59 bits per heavy atom. The maximum absolute atomic E-state index is 13.3. The van der Waals surface area contributed by atoms with Gasteiger partial charge in [-0.3, -0.25) is 4.79 Å². The molecule has 0 aliphatic heterocycles. The number of halogens is 1. The van der Waals surface area contributed by atoms with E-state index in [1.54, 1.807) is 6.92 Å². The van der Waals surface area contributed by atoms with Gasteiger partial charge in [0.25, 0.3) is 0 Å². The number of aryl methyl sites for hydroxylation is 1. The Morgan fingerprint density at radius 1 is 1.47 bits per heavy atom. The summed E-state index contributed by atoms with van der Waals surface area (Å²) in [7, 11) is 0. The van der Waals surface area contributed by atoms with Crippen LogP contribution in [0.4, 0.5) is 10.1 Å². The normalized spacial score (nSPS) is 18.5. The van der Waals surface area contributed by atoms with Crippen LogP contribution in [0.15, 0.2) is 18.2 Å². The molecule has 0 radical (unpaired) electrons. The second-order valence-electron chi connectivity index (χ2n) is 4.98. The number of hydrogen-bond donors (Lipinski definition) is 2. The quantitative estimate of drug-likeness (QED) is 0.842. The number of benzene rings is 1. The lowest BCUT2D eigenvalue weighted by atomic mass is 9.94. The molecular formula is C13H17FN2O. The minimum atomic E-state index is -0.778. The number of carbonyl (C=O) groups excluding carboxylic acids is 1. The smallest absolute Gasteiger partial charge is 0.243 e. The fraction of sp³-hybridized carbons (Fsp3) is 0.462. The fourth-order valence-electron chi connectivity index (χ4n) is 2.13. The molecule has 3 N–H and O–H groups in total. The predicted molar refractivity (Wildman–Crippen MR) is 65.1 cm³/mol. The van der Waals surface area contributed by atoms with Crippen molar-refractivity contribution < 1.29 is 9.18 Å². The van der Waals surface area contributed by atoms with E-state index >= 15 is 0 Å². The molecule has 0 saturated heterocycles. The van der Waals surface area contributed by atoms with E-state index in [2.05, 4.69) is 5.32 Å². The summed E-state index contributed by atoms with van der Waals surface area (Å²) in [6.45, 7) is 3.60. The van der Waals surface area contributed by atoms with Crippen molar-refractivity contribution in [1.82, 2.24) is 0 Å². The summed E-state index contributed by atoms with van der Waals surface area (Å²) in [6, 6.07) is 4.65. The Labute approximate surface area is 100 Å². The predicted octanol–water partition coefficient (Wildman–Crippen LogP) is 2.20. The minimum absolute atomic E-state index is 0.253. The summed E-state index contributed by atoms with van der Waals surface area (Å²) in [4.78, 5) is 11.5. The number of hydrogen-bond acceptors (Lipinski definition) is 2. The molecule has 1 atom stereocenters. The zero-order valence-corrected chi connectivity index (χ0v) is 10.1. The average Bonchev–Trinajstić information content (AvgIpc) is 2.97. The van der Waals surface area contributed by atoms with Crippen molar-refractivity contribution in [3.8, 4) is 0 Å². The molecule has 1 aromatic carbocycles. The molecule has 1 saturated carbocycles. The van der Waals surface area contributed by atoms with E-state index in [-0.39, 0.29) is 17.6 Å². The zero-order chi connectivity index (χ0) is 12.6. The first-order chi connectivity index (χ1) is 7.91. The van der Waals surface area contributed by atoms with Gasteiger partial charge in [-0.05, 0) is 56.4 Å². The summed E-state index contributed by atoms with van der Waals surface area (Å²) in [6.07, 6.45) is 1.97. The molecule has 3 nitrogen and oxygen atoms in total. The molecule has 1 aliphatic carbocycles. The van der Waals surface area contributed by atoms with Crippen LogP contribution in [-0.4, -0.2) is 11.4 Å². The molecule has 1 aromatic rings. The summed E-state index contributed by atoms with van der Waals surface area (Å²) in [5.74, 6) is -0.444. The third-order valence-electron chi connectivity index (χ3n) is 3.35. The van der Waals surface area contributed by atoms with Gasteiger partial charge in [-0.15, -0.1) is 0 Å². The number of nitrogens with one attached hydrogen (secondary N) is 1. The van der Waals surface area contributed by atoms with Crippen molar-refractivity contribution in [3.63, 3.8) is 0 Å². The first-order valence-corrected chi connectivity index (χ1v) is 5.77. The highest BCUT2D eigenvalue weighted by molar-refractivity contribution is 5.88. The van der Waals surface area contributed by atoms with Crippen molar-refractivity contribution in [1.29, 1.82) is 0 Å². The van der Waals surface area contributed by atoms with Crippen LogP contribution < -0.4 is 11.1 Å². The van der Waals surface area contributed by atoms with Crippen LogP contribution in [-0.2, 0) is 4.79 Å². The van der Waals surface area contributed by atoms with Gasteiger partial charge in [0.05, 0.1) is 0 Å². The first kappa shape index (κ1) is 11.9. The number of nitrogens with two attached hydrogens (primary N) is 1. The van der Waals surface area contributed by atoms with Crippen molar-refractivity contribution in [2.24, 2.45) is 11.7 Å². The van der Waals surface area contributed by atoms with E-state index in [1.165, 1.54) is 12.1 Å². The molecule has 0 heterocycles. The van der Waals surface area contributed by atoms with Gasteiger partial charge in [-0.2, -0.15) is 0 Å². The molecule has 1 aliphatic rings. The summed E-state index contributed by atoms with van der Waals surface area (Å²) >= 11 is 0. The number of rotatable bonds is 4. The summed E-state index contributed by atoms with van der Waals surface area (Å²) < 4.78 is 13.3. The van der Waals surface area contributed by atoms with Crippen LogP contribution in [0.1, 0.15) is 25.3 Å². The molecular weight excluding hydrogens is 219 g/mol. The van der Waals surface area contributed by atoms with E-state index in [4.69, 9.17) is 5.73 Å². The van der Waals surface area contributed by atoms with Crippen LogP contribution in [0.25, 0.3) is 0 Å². The van der Waals surface area contributed by atoms with E-state index < -0.39 is 5.54 Å². The molecule has 17 heavy (non-hydrogen) atoms. The third-order valence-corrected chi connectivity index (χ3v) is 3.35. The zero-order valence-electron chi connectivity index (χ0n) is 10.1. The molecule has 92 valence electrons. The minimum Gasteiger partial charge on any atom is -0.371 e. The topological polar surface area (TPSA) is 55.1 Å². The molecule has 1 unspecified atom stereocenters. The monoisotopic (exact) mass is 236 g/mol. The van der Waals surface area contributed by atoms with Crippen LogP contribution >= 0.6 is 0 Å². The van der Waals surface area contributed by atoms with Gasteiger partial charge in [0.1, 0.15) is 11.4 Å². The molecule has 1 fully saturated rings. The highest BCUT2D eigenvalue weighted by Crippen LogP contribution is 2.41. The molecule has 1 amide bonds. The molecule has 0 spiro atoms. The average molecular weight is 236 g/mol. The fourth-order valence-corrected chi connectivity index (χ4v) is 2.13. The van der Waals surface area contributed by atoms with E-state index in [0.29, 0.717) is 5.69 Å². The van der Waals surface area contributed by atoms with Gasteiger partial charge in [0.15, 0.2) is 0 Å². The van der Waals surface area contributed by atoms with Crippen molar-refractivity contribution in [2.45, 2.75) is 32.2 Å².